The van der Waals surface area contributed by atoms with Crippen LogP contribution in [0, 0.1) is 18.3 Å². The topological polar surface area (TPSA) is 74.9 Å². The second kappa shape index (κ2) is 8.76. The summed E-state index contributed by atoms with van der Waals surface area (Å²) in [7, 11) is 3.72. The molecule has 1 saturated carbocycles. The van der Waals surface area contributed by atoms with Crippen LogP contribution in [0.15, 0.2) is 48.7 Å². The van der Waals surface area contributed by atoms with E-state index in [4.69, 9.17) is 9.72 Å². The molecule has 1 fully saturated rings. The minimum atomic E-state index is 0.406. The summed E-state index contributed by atoms with van der Waals surface area (Å²) >= 11 is 0. The molecule has 2 N–H and O–H groups in total. The van der Waals surface area contributed by atoms with Gasteiger partial charge in [0.05, 0.1) is 24.3 Å². The third-order valence-corrected chi connectivity index (χ3v) is 6.79. The monoisotopic (exact) mass is 439 g/mol. The molecular formula is C27H29N5O. The number of nitrogens with zero attached hydrogens (tertiary/aromatic N) is 3. The molecule has 5 rings (SSSR count). The van der Waals surface area contributed by atoms with Crippen LogP contribution >= 0.6 is 0 Å². The lowest BCUT2D eigenvalue weighted by Gasteiger charge is -2.16. The molecule has 2 aromatic carbocycles. The molecule has 33 heavy (non-hydrogen) atoms. The average molecular weight is 440 g/mol. The molecule has 0 radical (unpaired) electrons. The molecule has 4 aromatic rings. The minimum Gasteiger partial charge on any atom is -0.497 e. The molecule has 0 bridgehead atoms. The van der Waals surface area contributed by atoms with Gasteiger partial charge in [-0.15, -0.1) is 0 Å². The maximum atomic E-state index is 9.18. The number of ether oxygens (including phenoxy) is 1. The van der Waals surface area contributed by atoms with Gasteiger partial charge < -0.3 is 19.9 Å². The number of nitrogens with one attached hydrogen (secondary N) is 2. The van der Waals surface area contributed by atoms with Gasteiger partial charge in [0.2, 0.25) is 0 Å². The number of hydrogen-bond donors (Lipinski definition) is 2. The van der Waals surface area contributed by atoms with Gasteiger partial charge in [-0.3, -0.25) is 0 Å². The Morgan fingerprint density at radius 2 is 1.94 bits per heavy atom. The van der Waals surface area contributed by atoms with Crippen LogP contribution in [0.25, 0.3) is 21.8 Å². The van der Waals surface area contributed by atoms with E-state index in [9.17, 15) is 5.26 Å². The summed E-state index contributed by atoms with van der Waals surface area (Å²) in [6, 6.07) is 17.2. The van der Waals surface area contributed by atoms with Gasteiger partial charge in [0.15, 0.2) is 0 Å². The first-order valence-corrected chi connectivity index (χ1v) is 11.5. The van der Waals surface area contributed by atoms with Gasteiger partial charge >= 0.3 is 0 Å². The van der Waals surface area contributed by atoms with Crippen molar-refractivity contribution in [2.75, 3.05) is 12.4 Å². The fraction of sp³-hybridized carbons (Fsp3) is 0.333. The van der Waals surface area contributed by atoms with Gasteiger partial charge in [-0.05, 0) is 67.6 Å². The molecule has 2 atom stereocenters. The van der Waals surface area contributed by atoms with E-state index in [0.717, 1.165) is 53.8 Å². The number of fused-ring (bicyclic) bond motifs is 2. The molecule has 6 heteroatoms. The Morgan fingerprint density at radius 1 is 1.12 bits per heavy atom. The van der Waals surface area contributed by atoms with Gasteiger partial charge in [0, 0.05) is 54.2 Å². The fourth-order valence-electron chi connectivity index (χ4n) is 5.02. The van der Waals surface area contributed by atoms with Crippen molar-refractivity contribution in [3.63, 3.8) is 0 Å². The normalized spacial score (nSPS) is 18.0. The maximum Gasteiger partial charge on any atom is 0.127 e. The number of aromatic nitrogens is 2. The smallest absolute Gasteiger partial charge is 0.127 e. The van der Waals surface area contributed by atoms with E-state index in [-0.39, 0.29) is 0 Å². The molecule has 1 aliphatic rings. The Hall–Kier alpha value is -3.56. The fourth-order valence-corrected chi connectivity index (χ4v) is 5.02. The van der Waals surface area contributed by atoms with Crippen LogP contribution < -0.4 is 15.4 Å². The van der Waals surface area contributed by atoms with E-state index in [0.29, 0.717) is 17.6 Å². The van der Waals surface area contributed by atoms with E-state index in [1.54, 1.807) is 7.11 Å². The van der Waals surface area contributed by atoms with Crippen LogP contribution in [-0.4, -0.2) is 28.7 Å². The van der Waals surface area contributed by atoms with Crippen molar-refractivity contribution in [1.82, 2.24) is 14.9 Å². The van der Waals surface area contributed by atoms with Crippen molar-refractivity contribution in [3.8, 4) is 11.8 Å². The van der Waals surface area contributed by atoms with Crippen molar-refractivity contribution in [1.29, 1.82) is 5.26 Å². The first kappa shape index (κ1) is 21.3. The zero-order valence-electron chi connectivity index (χ0n) is 19.4. The van der Waals surface area contributed by atoms with Gasteiger partial charge in [-0.2, -0.15) is 5.26 Å². The van der Waals surface area contributed by atoms with Crippen molar-refractivity contribution < 1.29 is 4.74 Å². The van der Waals surface area contributed by atoms with E-state index in [1.807, 2.05) is 31.3 Å². The summed E-state index contributed by atoms with van der Waals surface area (Å²) in [5, 5.41) is 19.0. The molecule has 1 aliphatic carbocycles. The van der Waals surface area contributed by atoms with Crippen LogP contribution in [0.4, 0.5) is 5.82 Å². The number of pyridine rings is 1. The largest absolute Gasteiger partial charge is 0.497 e. The predicted molar refractivity (Wildman–Crippen MR) is 133 cm³/mol. The Kier molecular flexibility index (Phi) is 5.65. The summed E-state index contributed by atoms with van der Waals surface area (Å²) in [5.74, 6) is 1.76. The first-order chi connectivity index (χ1) is 16.0. The third kappa shape index (κ3) is 4.24. The van der Waals surface area contributed by atoms with E-state index in [1.165, 1.54) is 16.5 Å². The standard InChI is InChI=1S/C27H29N5O/c1-17-10-27(31-25-13-22(33-3)7-9-23(17)25)30-21-6-5-20(12-21)29-15-19-16-32(2)26-11-18(14-28)4-8-24(19)26/h4,7-11,13,16,20-21,29H,5-6,12,15H2,1-3H3,(H,30,31). The van der Waals surface area contributed by atoms with Crippen molar-refractivity contribution in [3.05, 3.63) is 65.4 Å². The molecule has 0 saturated heterocycles. The summed E-state index contributed by atoms with van der Waals surface area (Å²) in [5.41, 5.74) is 5.25. The zero-order valence-corrected chi connectivity index (χ0v) is 19.4. The average Bonchev–Trinajstić information content (AvgIpc) is 3.40. The number of methoxy groups -OCH3 is 1. The van der Waals surface area contributed by atoms with Crippen LogP contribution in [0.3, 0.4) is 0 Å². The summed E-state index contributed by atoms with van der Waals surface area (Å²) in [6.45, 7) is 2.96. The minimum absolute atomic E-state index is 0.406. The van der Waals surface area contributed by atoms with Gasteiger partial charge in [0.1, 0.15) is 11.6 Å². The summed E-state index contributed by atoms with van der Waals surface area (Å²) in [6.07, 6.45) is 5.50. The number of aryl methyl sites for hydroxylation is 2. The highest BCUT2D eigenvalue weighted by atomic mass is 16.5. The van der Waals surface area contributed by atoms with E-state index in [2.05, 4.69) is 52.6 Å². The summed E-state index contributed by atoms with van der Waals surface area (Å²) in [4.78, 5) is 4.84. The Morgan fingerprint density at radius 3 is 2.76 bits per heavy atom. The Bertz CT molecular complexity index is 1370. The number of hydrogen-bond acceptors (Lipinski definition) is 5. The van der Waals surface area contributed by atoms with Crippen LogP contribution in [0.5, 0.6) is 5.75 Å². The maximum absolute atomic E-state index is 9.18. The van der Waals surface area contributed by atoms with Crippen LogP contribution in [0.1, 0.15) is 36.0 Å². The second-order valence-corrected chi connectivity index (χ2v) is 9.05. The molecule has 2 aromatic heterocycles. The highest BCUT2D eigenvalue weighted by Gasteiger charge is 2.25. The van der Waals surface area contributed by atoms with E-state index < -0.39 is 0 Å². The lowest BCUT2D eigenvalue weighted by Crippen LogP contribution is -2.27. The van der Waals surface area contributed by atoms with Crippen molar-refractivity contribution >= 4 is 27.6 Å². The molecule has 0 spiro atoms. The lowest BCUT2D eigenvalue weighted by molar-refractivity contribution is 0.415. The van der Waals surface area contributed by atoms with Crippen molar-refractivity contribution in [2.45, 2.75) is 44.8 Å². The van der Waals surface area contributed by atoms with Gasteiger partial charge in [-0.1, -0.05) is 6.07 Å². The highest BCUT2D eigenvalue weighted by Crippen LogP contribution is 2.28. The molecular weight excluding hydrogens is 410 g/mol. The van der Waals surface area contributed by atoms with Gasteiger partial charge in [0.25, 0.3) is 0 Å². The third-order valence-electron chi connectivity index (χ3n) is 6.79. The zero-order chi connectivity index (χ0) is 22.9. The summed E-state index contributed by atoms with van der Waals surface area (Å²) < 4.78 is 7.47. The number of anilines is 1. The predicted octanol–water partition coefficient (Wildman–Crippen LogP) is 5.04. The SMILES string of the molecule is COc1ccc2c(C)cc(NC3CCC(NCc4cn(C)c5cc(C#N)ccc45)C3)nc2c1. The molecule has 2 heterocycles. The molecule has 0 amide bonds. The molecule has 168 valence electrons. The lowest BCUT2D eigenvalue weighted by atomic mass is 10.1. The molecule has 6 nitrogen and oxygen atoms in total. The first-order valence-electron chi connectivity index (χ1n) is 11.5. The highest BCUT2D eigenvalue weighted by molar-refractivity contribution is 5.86. The Labute approximate surface area is 194 Å². The second-order valence-electron chi connectivity index (χ2n) is 9.05. The number of nitriles is 1. The Balaban J connectivity index is 1.24. The van der Waals surface area contributed by atoms with Crippen molar-refractivity contribution in [2.24, 2.45) is 7.05 Å². The molecule has 2 unspecified atom stereocenters. The molecule has 0 aliphatic heterocycles. The number of rotatable bonds is 6. The van der Waals surface area contributed by atoms with E-state index >= 15 is 0 Å². The quantitative estimate of drug-likeness (QED) is 0.440. The van der Waals surface area contributed by atoms with Crippen LogP contribution in [-0.2, 0) is 13.6 Å². The number of benzene rings is 2. The van der Waals surface area contributed by atoms with Crippen LogP contribution in [0.2, 0.25) is 0 Å². The van der Waals surface area contributed by atoms with Gasteiger partial charge in [-0.25, -0.2) is 4.98 Å².